The monoisotopic (exact) mass is 326 g/mol. The maximum absolute atomic E-state index is 12.4. The van der Waals surface area contributed by atoms with Gasteiger partial charge >= 0.3 is 0 Å². The fourth-order valence-electron chi connectivity index (χ4n) is 2.96. The van der Waals surface area contributed by atoms with Gasteiger partial charge in [0.15, 0.2) is 0 Å². The zero-order valence-corrected chi connectivity index (χ0v) is 14.4. The van der Waals surface area contributed by atoms with E-state index in [0.717, 1.165) is 0 Å². The predicted octanol–water partition coefficient (Wildman–Crippen LogP) is 2.69. The summed E-state index contributed by atoms with van der Waals surface area (Å²) in [5, 5.41) is 10.8. The van der Waals surface area contributed by atoms with E-state index < -0.39 is 0 Å². The maximum Gasteiger partial charge on any atom is 0.234 e. The van der Waals surface area contributed by atoms with E-state index in [2.05, 4.69) is 41.7 Å². The van der Waals surface area contributed by atoms with E-state index in [1.54, 1.807) is 6.20 Å². The average Bonchev–Trinajstić information content (AvgIpc) is 3.30. The summed E-state index contributed by atoms with van der Waals surface area (Å²) in [5.74, 6) is 0.632. The number of aromatic nitrogens is 2. The van der Waals surface area contributed by atoms with Gasteiger partial charge in [-0.3, -0.25) is 9.48 Å². The van der Waals surface area contributed by atoms with Gasteiger partial charge in [-0.2, -0.15) is 5.10 Å². The molecule has 1 aliphatic rings. The first-order valence-corrected chi connectivity index (χ1v) is 8.72. The molecule has 1 aliphatic carbocycles. The molecule has 1 amide bonds. The molecular formula is C19H26N4O. The molecule has 2 N–H and O–H groups in total. The maximum atomic E-state index is 12.4. The normalized spacial score (nSPS) is 17.9. The largest absolute Gasteiger partial charge is 0.348 e. The zero-order valence-electron chi connectivity index (χ0n) is 14.4. The van der Waals surface area contributed by atoms with Gasteiger partial charge in [0.05, 0.1) is 18.6 Å². The minimum atomic E-state index is 0.0512. The zero-order chi connectivity index (χ0) is 16.9. The van der Waals surface area contributed by atoms with Crippen molar-refractivity contribution in [3.8, 4) is 0 Å². The van der Waals surface area contributed by atoms with E-state index in [1.807, 2.05) is 35.1 Å². The standard InChI is InChI=1S/C19H26N4O/c1-14(15(2)23-12-6-11-21-23)20-13-18(24)22-19(17-9-10-17)16-7-4-3-5-8-16/h3-8,11-12,14-15,17,19-20H,9-10,13H2,1-2H3,(H,22,24)/t14-,15-,19+/m0/s1. The molecule has 1 fully saturated rings. The van der Waals surface area contributed by atoms with Crippen LogP contribution in [0.3, 0.4) is 0 Å². The summed E-state index contributed by atoms with van der Waals surface area (Å²) < 4.78 is 1.91. The van der Waals surface area contributed by atoms with Gasteiger partial charge in [0.2, 0.25) is 5.91 Å². The molecule has 1 aromatic heterocycles. The van der Waals surface area contributed by atoms with Crippen LogP contribution in [0.25, 0.3) is 0 Å². The highest BCUT2D eigenvalue weighted by molar-refractivity contribution is 5.78. The van der Waals surface area contributed by atoms with Gasteiger partial charge in [-0.1, -0.05) is 30.3 Å². The fourth-order valence-corrected chi connectivity index (χ4v) is 2.96. The number of rotatable bonds is 8. The molecule has 0 saturated heterocycles. The lowest BCUT2D eigenvalue weighted by Gasteiger charge is -2.23. The van der Waals surface area contributed by atoms with E-state index in [0.29, 0.717) is 12.5 Å². The van der Waals surface area contributed by atoms with Crippen LogP contribution in [0.4, 0.5) is 0 Å². The Morgan fingerprint density at radius 3 is 2.62 bits per heavy atom. The molecule has 0 unspecified atom stereocenters. The first-order chi connectivity index (χ1) is 11.6. The Balaban J connectivity index is 1.51. The van der Waals surface area contributed by atoms with Gasteiger partial charge in [-0.25, -0.2) is 0 Å². The van der Waals surface area contributed by atoms with Crippen LogP contribution in [-0.2, 0) is 4.79 Å². The van der Waals surface area contributed by atoms with Crippen molar-refractivity contribution in [2.75, 3.05) is 6.54 Å². The van der Waals surface area contributed by atoms with Crippen molar-refractivity contribution in [2.24, 2.45) is 5.92 Å². The van der Waals surface area contributed by atoms with Crippen LogP contribution < -0.4 is 10.6 Å². The molecule has 1 heterocycles. The Hall–Kier alpha value is -2.14. The summed E-state index contributed by atoms with van der Waals surface area (Å²) >= 11 is 0. The lowest BCUT2D eigenvalue weighted by atomic mass is 10.0. The van der Waals surface area contributed by atoms with Crippen LogP contribution in [0.1, 0.15) is 44.3 Å². The summed E-state index contributed by atoms with van der Waals surface area (Å²) in [6.07, 6.45) is 6.11. The third kappa shape index (κ3) is 4.23. The summed E-state index contributed by atoms with van der Waals surface area (Å²) in [6.45, 7) is 4.50. The third-order valence-corrected chi connectivity index (χ3v) is 4.82. The van der Waals surface area contributed by atoms with Gasteiger partial charge in [-0.15, -0.1) is 0 Å². The second kappa shape index (κ2) is 7.62. The number of carbonyl (C=O) groups is 1. The summed E-state index contributed by atoms with van der Waals surface area (Å²) in [6, 6.07) is 12.7. The molecule has 1 saturated carbocycles. The first kappa shape index (κ1) is 16.7. The Bertz CT molecular complexity index is 637. The van der Waals surface area contributed by atoms with E-state index in [4.69, 9.17) is 0 Å². The number of carbonyl (C=O) groups excluding carboxylic acids is 1. The van der Waals surface area contributed by atoms with Crippen molar-refractivity contribution in [1.29, 1.82) is 0 Å². The quantitative estimate of drug-likeness (QED) is 0.784. The van der Waals surface area contributed by atoms with Crippen molar-refractivity contribution in [2.45, 2.75) is 44.8 Å². The van der Waals surface area contributed by atoms with E-state index in [9.17, 15) is 4.79 Å². The van der Waals surface area contributed by atoms with Gasteiger partial charge in [0.25, 0.3) is 0 Å². The van der Waals surface area contributed by atoms with E-state index in [1.165, 1.54) is 18.4 Å². The van der Waals surface area contributed by atoms with Crippen molar-refractivity contribution < 1.29 is 4.79 Å². The highest BCUT2D eigenvalue weighted by Gasteiger charge is 2.33. The first-order valence-electron chi connectivity index (χ1n) is 8.72. The molecular weight excluding hydrogens is 300 g/mol. The average molecular weight is 326 g/mol. The molecule has 3 rings (SSSR count). The topological polar surface area (TPSA) is 59.0 Å². The number of nitrogens with zero attached hydrogens (tertiary/aromatic N) is 2. The molecule has 1 aromatic carbocycles. The number of benzene rings is 1. The van der Waals surface area contributed by atoms with Crippen LogP contribution in [0.2, 0.25) is 0 Å². The molecule has 5 heteroatoms. The van der Waals surface area contributed by atoms with Crippen molar-refractivity contribution in [3.05, 3.63) is 54.4 Å². The molecule has 5 nitrogen and oxygen atoms in total. The Morgan fingerprint density at radius 2 is 2.00 bits per heavy atom. The Kier molecular flexibility index (Phi) is 5.30. The smallest absolute Gasteiger partial charge is 0.234 e. The molecule has 128 valence electrons. The van der Waals surface area contributed by atoms with Crippen molar-refractivity contribution in [3.63, 3.8) is 0 Å². The minimum Gasteiger partial charge on any atom is -0.348 e. The van der Waals surface area contributed by atoms with Crippen molar-refractivity contribution >= 4 is 5.91 Å². The number of hydrogen-bond donors (Lipinski definition) is 2. The third-order valence-electron chi connectivity index (χ3n) is 4.82. The second-order valence-corrected chi connectivity index (χ2v) is 6.69. The van der Waals surface area contributed by atoms with Crippen LogP contribution in [0, 0.1) is 5.92 Å². The van der Waals surface area contributed by atoms with Gasteiger partial charge in [-0.05, 0) is 44.2 Å². The second-order valence-electron chi connectivity index (χ2n) is 6.69. The fraction of sp³-hybridized carbons (Fsp3) is 0.474. The van der Waals surface area contributed by atoms with Crippen molar-refractivity contribution in [1.82, 2.24) is 20.4 Å². The van der Waals surface area contributed by atoms with Gasteiger partial charge < -0.3 is 10.6 Å². The summed E-state index contributed by atoms with van der Waals surface area (Å²) in [4.78, 5) is 12.4. The van der Waals surface area contributed by atoms with Gasteiger partial charge in [0, 0.05) is 18.4 Å². The van der Waals surface area contributed by atoms with Crippen LogP contribution in [-0.4, -0.2) is 28.3 Å². The van der Waals surface area contributed by atoms with Crippen LogP contribution in [0.5, 0.6) is 0 Å². The Labute approximate surface area is 143 Å². The molecule has 3 atom stereocenters. The molecule has 0 spiro atoms. The molecule has 0 aliphatic heterocycles. The van der Waals surface area contributed by atoms with Crippen LogP contribution >= 0.6 is 0 Å². The number of hydrogen-bond acceptors (Lipinski definition) is 3. The molecule has 24 heavy (non-hydrogen) atoms. The summed E-state index contributed by atoms with van der Waals surface area (Å²) in [7, 11) is 0. The number of amides is 1. The van der Waals surface area contributed by atoms with E-state index >= 15 is 0 Å². The Morgan fingerprint density at radius 1 is 1.25 bits per heavy atom. The SMILES string of the molecule is C[C@H](NCC(=O)N[C@H](c1ccccc1)C1CC1)[C@H](C)n1cccn1. The summed E-state index contributed by atoms with van der Waals surface area (Å²) in [5.41, 5.74) is 1.20. The highest BCUT2D eigenvalue weighted by Crippen LogP contribution is 2.40. The highest BCUT2D eigenvalue weighted by atomic mass is 16.2. The minimum absolute atomic E-state index is 0.0512. The lowest BCUT2D eigenvalue weighted by Crippen LogP contribution is -2.42. The van der Waals surface area contributed by atoms with Crippen LogP contribution in [0.15, 0.2) is 48.8 Å². The van der Waals surface area contributed by atoms with Gasteiger partial charge in [0.1, 0.15) is 0 Å². The molecule has 2 aromatic rings. The lowest BCUT2D eigenvalue weighted by molar-refractivity contribution is -0.121. The van der Waals surface area contributed by atoms with E-state index in [-0.39, 0.29) is 24.0 Å². The molecule has 0 radical (unpaired) electrons. The predicted molar refractivity (Wildman–Crippen MR) is 94.5 cm³/mol. The number of nitrogens with one attached hydrogen (secondary N) is 2. The molecule has 0 bridgehead atoms.